The molecule has 6 heteroatoms. The molecule has 0 unspecified atom stereocenters. The van der Waals surface area contributed by atoms with Crippen molar-refractivity contribution in [2.45, 2.75) is 26.8 Å². The quantitative estimate of drug-likeness (QED) is 0.918. The highest BCUT2D eigenvalue weighted by molar-refractivity contribution is 5.74. The smallest absolute Gasteiger partial charge is 0.317 e. The summed E-state index contributed by atoms with van der Waals surface area (Å²) < 4.78 is 10.7. The molecule has 2 amide bonds. The first-order valence-corrected chi connectivity index (χ1v) is 8.75. The van der Waals surface area contributed by atoms with Crippen molar-refractivity contribution in [2.24, 2.45) is 5.92 Å². The Morgan fingerprint density at radius 3 is 2.83 bits per heavy atom. The predicted molar refractivity (Wildman–Crippen MR) is 92.3 cm³/mol. The van der Waals surface area contributed by atoms with E-state index in [1.807, 2.05) is 23.1 Å². The second-order valence-corrected chi connectivity index (χ2v) is 6.88. The number of fused-ring (bicyclic) bond motifs is 1. The monoisotopic (exact) mass is 333 g/mol. The third-order valence-corrected chi connectivity index (χ3v) is 4.38. The lowest BCUT2D eigenvalue weighted by Gasteiger charge is -2.23. The molecular weight excluding hydrogens is 306 g/mol. The highest BCUT2D eigenvalue weighted by Crippen LogP contribution is 2.32. The molecule has 0 aliphatic carbocycles. The minimum absolute atomic E-state index is 0.0130. The van der Waals surface area contributed by atoms with E-state index in [0.29, 0.717) is 12.5 Å². The van der Waals surface area contributed by atoms with E-state index in [0.717, 1.165) is 56.2 Å². The number of hydrogen-bond acceptors (Lipinski definition) is 4. The van der Waals surface area contributed by atoms with Crippen molar-refractivity contribution in [1.82, 2.24) is 15.1 Å². The maximum atomic E-state index is 12.4. The predicted octanol–water partition coefficient (Wildman–Crippen LogP) is 2.29. The van der Waals surface area contributed by atoms with Gasteiger partial charge in [0.15, 0.2) is 11.5 Å². The van der Waals surface area contributed by atoms with Gasteiger partial charge in [-0.2, -0.15) is 0 Å². The van der Waals surface area contributed by atoms with Crippen LogP contribution in [0.3, 0.4) is 0 Å². The molecule has 0 radical (unpaired) electrons. The molecule has 2 aliphatic heterocycles. The molecular formula is C18H27N3O3. The summed E-state index contributed by atoms with van der Waals surface area (Å²) in [4.78, 5) is 16.8. The van der Waals surface area contributed by atoms with Gasteiger partial charge in [0.25, 0.3) is 0 Å². The van der Waals surface area contributed by atoms with Gasteiger partial charge in [-0.1, -0.05) is 19.9 Å². The molecule has 6 nitrogen and oxygen atoms in total. The van der Waals surface area contributed by atoms with Gasteiger partial charge in [0.1, 0.15) is 0 Å². The summed E-state index contributed by atoms with van der Waals surface area (Å²) in [5.74, 6) is 2.18. The summed E-state index contributed by atoms with van der Waals surface area (Å²) >= 11 is 0. The molecule has 1 aromatic rings. The number of rotatable bonds is 4. The highest BCUT2D eigenvalue weighted by atomic mass is 16.7. The average molecular weight is 333 g/mol. The van der Waals surface area contributed by atoms with Crippen molar-refractivity contribution in [3.63, 3.8) is 0 Å². The molecule has 0 bridgehead atoms. The Morgan fingerprint density at radius 1 is 1.17 bits per heavy atom. The molecule has 0 atom stereocenters. The molecule has 2 heterocycles. The molecule has 0 saturated carbocycles. The Balaban J connectivity index is 1.48. The second-order valence-electron chi connectivity index (χ2n) is 6.88. The first kappa shape index (κ1) is 16.9. The molecule has 0 spiro atoms. The number of amides is 2. The van der Waals surface area contributed by atoms with Crippen LogP contribution in [-0.2, 0) is 6.54 Å². The maximum absolute atomic E-state index is 12.4. The van der Waals surface area contributed by atoms with Crippen molar-refractivity contribution >= 4 is 6.03 Å². The second kappa shape index (κ2) is 7.75. The van der Waals surface area contributed by atoms with E-state index in [-0.39, 0.29) is 12.8 Å². The molecule has 132 valence electrons. The van der Waals surface area contributed by atoms with Crippen LogP contribution in [-0.4, -0.2) is 55.3 Å². The Labute approximate surface area is 143 Å². The van der Waals surface area contributed by atoms with Crippen LogP contribution in [0.5, 0.6) is 11.5 Å². The molecule has 1 N–H and O–H groups in total. The van der Waals surface area contributed by atoms with Crippen molar-refractivity contribution in [2.75, 3.05) is 39.5 Å². The zero-order chi connectivity index (χ0) is 16.9. The van der Waals surface area contributed by atoms with E-state index < -0.39 is 0 Å². The van der Waals surface area contributed by atoms with E-state index in [1.165, 1.54) is 0 Å². The Hall–Kier alpha value is -1.95. The van der Waals surface area contributed by atoms with Crippen molar-refractivity contribution in [3.8, 4) is 11.5 Å². The van der Waals surface area contributed by atoms with Crippen molar-refractivity contribution in [3.05, 3.63) is 23.8 Å². The molecule has 24 heavy (non-hydrogen) atoms. The van der Waals surface area contributed by atoms with Gasteiger partial charge in [-0.3, -0.25) is 0 Å². The number of carbonyl (C=O) groups is 1. The van der Waals surface area contributed by atoms with E-state index in [1.54, 1.807) is 0 Å². The SMILES string of the molecule is CC(C)CN1CCCN(C(=O)NCc2ccc3c(c2)OCO3)CC1. The highest BCUT2D eigenvalue weighted by Gasteiger charge is 2.19. The summed E-state index contributed by atoms with van der Waals surface area (Å²) in [6.07, 6.45) is 1.03. The topological polar surface area (TPSA) is 54.0 Å². The van der Waals surface area contributed by atoms with Gasteiger partial charge in [-0.15, -0.1) is 0 Å². The Kier molecular flexibility index (Phi) is 5.45. The molecule has 1 aromatic carbocycles. The van der Waals surface area contributed by atoms with Gasteiger partial charge in [-0.05, 0) is 36.6 Å². The van der Waals surface area contributed by atoms with E-state index >= 15 is 0 Å². The average Bonchev–Trinajstić information content (AvgIpc) is 2.90. The van der Waals surface area contributed by atoms with E-state index in [9.17, 15) is 4.79 Å². The largest absolute Gasteiger partial charge is 0.454 e. The van der Waals surface area contributed by atoms with E-state index in [4.69, 9.17) is 9.47 Å². The summed E-state index contributed by atoms with van der Waals surface area (Å²) in [5.41, 5.74) is 1.02. The maximum Gasteiger partial charge on any atom is 0.317 e. The fourth-order valence-electron chi connectivity index (χ4n) is 3.21. The normalized spacial score (nSPS) is 17.9. The number of ether oxygens (including phenoxy) is 2. The summed E-state index contributed by atoms with van der Waals surface area (Å²) in [7, 11) is 0. The van der Waals surface area contributed by atoms with Crippen LogP contribution in [0.25, 0.3) is 0 Å². The third kappa shape index (κ3) is 4.32. The fourth-order valence-corrected chi connectivity index (χ4v) is 3.21. The minimum Gasteiger partial charge on any atom is -0.454 e. The lowest BCUT2D eigenvalue weighted by Crippen LogP contribution is -2.42. The first-order chi connectivity index (χ1) is 11.6. The molecule has 2 aliphatic rings. The first-order valence-electron chi connectivity index (χ1n) is 8.75. The molecule has 1 fully saturated rings. The number of nitrogens with one attached hydrogen (secondary N) is 1. The van der Waals surface area contributed by atoms with Crippen LogP contribution in [0.4, 0.5) is 4.79 Å². The Morgan fingerprint density at radius 2 is 2.00 bits per heavy atom. The number of nitrogens with zero attached hydrogens (tertiary/aromatic N) is 2. The summed E-state index contributed by atoms with van der Waals surface area (Å²) in [5, 5.41) is 3.02. The zero-order valence-corrected chi connectivity index (χ0v) is 14.6. The standard InChI is InChI=1S/C18H27N3O3/c1-14(2)12-20-6-3-7-21(9-8-20)18(22)19-11-15-4-5-16-17(10-15)24-13-23-16/h4-5,10,14H,3,6-9,11-13H2,1-2H3,(H,19,22). The number of hydrogen-bond donors (Lipinski definition) is 1. The van der Waals surface area contributed by atoms with Gasteiger partial charge in [-0.25, -0.2) is 4.79 Å². The van der Waals surface area contributed by atoms with Crippen LogP contribution in [0, 0.1) is 5.92 Å². The lowest BCUT2D eigenvalue weighted by molar-refractivity contribution is 0.174. The van der Waals surface area contributed by atoms with E-state index in [2.05, 4.69) is 24.1 Å². The fraction of sp³-hybridized carbons (Fsp3) is 0.611. The third-order valence-electron chi connectivity index (χ3n) is 4.38. The van der Waals surface area contributed by atoms with Crippen LogP contribution < -0.4 is 14.8 Å². The van der Waals surface area contributed by atoms with Gasteiger partial charge in [0.05, 0.1) is 0 Å². The zero-order valence-electron chi connectivity index (χ0n) is 14.6. The van der Waals surface area contributed by atoms with Gasteiger partial charge in [0, 0.05) is 32.7 Å². The molecule has 1 saturated heterocycles. The molecule has 3 rings (SSSR count). The van der Waals surface area contributed by atoms with Crippen LogP contribution in [0.2, 0.25) is 0 Å². The van der Waals surface area contributed by atoms with Crippen LogP contribution in [0.1, 0.15) is 25.8 Å². The van der Waals surface area contributed by atoms with Crippen molar-refractivity contribution < 1.29 is 14.3 Å². The lowest BCUT2D eigenvalue weighted by atomic mass is 10.2. The van der Waals surface area contributed by atoms with Gasteiger partial charge in [0.2, 0.25) is 6.79 Å². The van der Waals surface area contributed by atoms with Crippen molar-refractivity contribution in [1.29, 1.82) is 0 Å². The number of carbonyl (C=O) groups excluding carboxylic acids is 1. The summed E-state index contributed by atoms with van der Waals surface area (Å²) in [6, 6.07) is 5.79. The van der Waals surface area contributed by atoms with Gasteiger partial charge >= 0.3 is 6.03 Å². The van der Waals surface area contributed by atoms with Crippen LogP contribution in [0.15, 0.2) is 18.2 Å². The summed E-state index contributed by atoms with van der Waals surface area (Å²) in [6.45, 7) is 9.99. The molecule has 0 aromatic heterocycles. The number of urea groups is 1. The number of benzene rings is 1. The minimum atomic E-state index is 0.0130. The Bertz CT molecular complexity index is 577. The van der Waals surface area contributed by atoms with Crippen LogP contribution >= 0.6 is 0 Å². The van der Waals surface area contributed by atoms with Gasteiger partial charge < -0.3 is 24.6 Å².